The van der Waals surface area contributed by atoms with E-state index in [0.29, 0.717) is 12.3 Å². The minimum Gasteiger partial charge on any atom is -0.491 e. The molecule has 2 aromatic rings. The van der Waals surface area contributed by atoms with Crippen LogP contribution < -0.4 is 4.74 Å². The fraction of sp³-hybridized carbons (Fsp3) is 0.500. The SMILES string of the molecule is CC(C)(C)N(CC(=O)N1CCc2sccc2[C@@H]1COc1cccc(F)c1)C(=O)C1CC1. The molecule has 7 heteroatoms. The van der Waals surface area contributed by atoms with Gasteiger partial charge in [-0.05, 0) is 69.2 Å². The second-order valence-corrected chi connectivity index (χ2v) is 10.3. The largest absolute Gasteiger partial charge is 0.491 e. The molecule has 1 aromatic heterocycles. The second kappa shape index (κ2) is 8.61. The van der Waals surface area contributed by atoms with Gasteiger partial charge in [-0.15, -0.1) is 11.3 Å². The summed E-state index contributed by atoms with van der Waals surface area (Å²) < 4.78 is 19.4. The molecule has 1 aliphatic carbocycles. The van der Waals surface area contributed by atoms with E-state index in [1.165, 1.54) is 17.0 Å². The van der Waals surface area contributed by atoms with Crippen LogP contribution in [0.5, 0.6) is 5.75 Å². The fourth-order valence-corrected chi connectivity index (χ4v) is 4.96. The van der Waals surface area contributed by atoms with Gasteiger partial charge in [-0.25, -0.2) is 4.39 Å². The lowest BCUT2D eigenvalue weighted by molar-refractivity contribution is -0.147. The van der Waals surface area contributed by atoms with Crippen LogP contribution in [0.25, 0.3) is 0 Å². The summed E-state index contributed by atoms with van der Waals surface area (Å²) in [5.41, 5.74) is 0.656. The molecular formula is C24H29FN2O3S. The summed E-state index contributed by atoms with van der Waals surface area (Å²) in [4.78, 5) is 31.1. The van der Waals surface area contributed by atoms with Crippen LogP contribution in [0.3, 0.4) is 0 Å². The van der Waals surface area contributed by atoms with Crippen LogP contribution in [-0.4, -0.2) is 46.8 Å². The summed E-state index contributed by atoms with van der Waals surface area (Å²) in [5, 5.41) is 2.03. The normalized spacial score (nSPS) is 18.5. The highest BCUT2D eigenvalue weighted by Gasteiger charge is 2.40. The van der Waals surface area contributed by atoms with Crippen molar-refractivity contribution in [1.29, 1.82) is 0 Å². The molecule has 0 N–H and O–H groups in total. The number of fused-ring (bicyclic) bond motifs is 1. The van der Waals surface area contributed by atoms with Gasteiger partial charge in [0.1, 0.15) is 24.7 Å². The number of carbonyl (C=O) groups excluding carboxylic acids is 2. The van der Waals surface area contributed by atoms with Crippen LogP contribution in [0, 0.1) is 11.7 Å². The Balaban J connectivity index is 1.53. The summed E-state index contributed by atoms with van der Waals surface area (Å²) in [7, 11) is 0. The molecule has 0 bridgehead atoms. The van der Waals surface area contributed by atoms with Crippen LogP contribution in [0.2, 0.25) is 0 Å². The Kier molecular flexibility index (Phi) is 6.06. The summed E-state index contributed by atoms with van der Waals surface area (Å²) in [6.45, 7) is 6.80. The predicted molar refractivity (Wildman–Crippen MR) is 119 cm³/mol. The summed E-state index contributed by atoms with van der Waals surface area (Å²) in [5.74, 6) is 0.138. The lowest BCUT2D eigenvalue weighted by atomic mass is 9.99. The maximum absolute atomic E-state index is 13.5. The number of amides is 2. The molecule has 166 valence electrons. The molecule has 1 aromatic carbocycles. The first-order valence-electron chi connectivity index (χ1n) is 10.8. The van der Waals surface area contributed by atoms with Gasteiger partial charge in [-0.2, -0.15) is 0 Å². The Morgan fingerprint density at radius 1 is 1.26 bits per heavy atom. The standard InChI is InChI=1S/C24H29FN2O3S/c1-24(2,3)27(23(29)16-7-8-16)14-22(28)26-11-9-21-19(10-12-31-21)20(26)15-30-18-6-4-5-17(25)13-18/h4-6,10,12-13,16,20H,7-9,11,14-15H2,1-3H3/t20-/m0/s1. The van der Waals surface area contributed by atoms with Crippen molar-refractivity contribution in [2.75, 3.05) is 19.7 Å². The third-order valence-corrected chi connectivity index (χ3v) is 6.91. The summed E-state index contributed by atoms with van der Waals surface area (Å²) in [6.07, 6.45) is 2.61. The molecule has 31 heavy (non-hydrogen) atoms. The molecular weight excluding hydrogens is 415 g/mol. The van der Waals surface area contributed by atoms with Gasteiger partial charge in [-0.3, -0.25) is 9.59 Å². The number of hydrogen-bond acceptors (Lipinski definition) is 4. The smallest absolute Gasteiger partial charge is 0.242 e. The first-order chi connectivity index (χ1) is 14.7. The molecule has 1 aliphatic heterocycles. The Hall–Kier alpha value is -2.41. The first kappa shape index (κ1) is 21.8. The Morgan fingerprint density at radius 2 is 2.03 bits per heavy atom. The maximum Gasteiger partial charge on any atom is 0.242 e. The molecule has 0 unspecified atom stereocenters. The maximum atomic E-state index is 13.5. The monoisotopic (exact) mass is 444 g/mol. The molecule has 2 heterocycles. The van der Waals surface area contributed by atoms with Crippen LogP contribution in [0.1, 0.15) is 50.1 Å². The number of nitrogens with zero attached hydrogens (tertiary/aromatic N) is 2. The van der Waals surface area contributed by atoms with Gasteiger partial charge in [-0.1, -0.05) is 6.07 Å². The van der Waals surface area contributed by atoms with Crippen molar-refractivity contribution < 1.29 is 18.7 Å². The number of halogens is 1. The van der Waals surface area contributed by atoms with E-state index in [1.807, 2.05) is 37.1 Å². The molecule has 0 radical (unpaired) electrons. The van der Waals surface area contributed by atoms with Crippen LogP contribution in [0.4, 0.5) is 4.39 Å². The fourth-order valence-electron chi connectivity index (χ4n) is 4.03. The molecule has 2 amide bonds. The van der Waals surface area contributed by atoms with Crippen LogP contribution >= 0.6 is 11.3 Å². The average molecular weight is 445 g/mol. The lowest BCUT2D eigenvalue weighted by Gasteiger charge is -2.40. The molecule has 1 saturated carbocycles. The zero-order valence-corrected chi connectivity index (χ0v) is 19.1. The third kappa shape index (κ3) is 4.92. The number of carbonyl (C=O) groups is 2. The Bertz CT molecular complexity index is 964. The van der Waals surface area contributed by atoms with Gasteiger partial charge in [0.2, 0.25) is 11.8 Å². The molecule has 4 rings (SSSR count). The third-order valence-electron chi connectivity index (χ3n) is 5.91. The molecule has 0 saturated heterocycles. The number of benzene rings is 1. The minimum atomic E-state index is -0.424. The lowest BCUT2D eigenvalue weighted by Crippen LogP contribution is -2.53. The summed E-state index contributed by atoms with van der Waals surface area (Å²) >= 11 is 1.68. The van der Waals surface area contributed by atoms with Gasteiger partial charge >= 0.3 is 0 Å². The van der Waals surface area contributed by atoms with Gasteiger partial charge in [0.25, 0.3) is 0 Å². The molecule has 1 fully saturated rings. The van der Waals surface area contributed by atoms with E-state index in [9.17, 15) is 14.0 Å². The van der Waals surface area contributed by atoms with Crippen molar-refractivity contribution in [3.8, 4) is 5.75 Å². The number of hydrogen-bond donors (Lipinski definition) is 0. The van der Waals surface area contributed by atoms with Gasteiger partial charge < -0.3 is 14.5 Å². The zero-order chi connectivity index (χ0) is 22.2. The highest BCUT2D eigenvalue weighted by molar-refractivity contribution is 7.10. The number of ether oxygens (including phenoxy) is 1. The van der Waals surface area contributed by atoms with Crippen molar-refractivity contribution in [3.63, 3.8) is 0 Å². The zero-order valence-electron chi connectivity index (χ0n) is 18.3. The highest BCUT2D eigenvalue weighted by atomic mass is 32.1. The van der Waals surface area contributed by atoms with Crippen molar-refractivity contribution in [3.05, 3.63) is 52.0 Å². The quantitative estimate of drug-likeness (QED) is 0.662. The molecule has 1 atom stereocenters. The second-order valence-electron chi connectivity index (χ2n) is 9.29. The van der Waals surface area contributed by atoms with E-state index in [-0.39, 0.29) is 42.7 Å². The van der Waals surface area contributed by atoms with Crippen molar-refractivity contribution in [1.82, 2.24) is 9.80 Å². The molecule has 5 nitrogen and oxygen atoms in total. The minimum absolute atomic E-state index is 0.0592. The Morgan fingerprint density at radius 3 is 2.71 bits per heavy atom. The van der Waals surface area contributed by atoms with Crippen molar-refractivity contribution >= 4 is 23.2 Å². The van der Waals surface area contributed by atoms with E-state index in [0.717, 1.165) is 24.8 Å². The van der Waals surface area contributed by atoms with E-state index in [4.69, 9.17) is 4.74 Å². The van der Waals surface area contributed by atoms with Gasteiger partial charge in [0, 0.05) is 28.9 Å². The van der Waals surface area contributed by atoms with E-state index in [1.54, 1.807) is 28.4 Å². The number of rotatable bonds is 6. The van der Waals surface area contributed by atoms with E-state index < -0.39 is 5.54 Å². The van der Waals surface area contributed by atoms with Crippen LogP contribution in [-0.2, 0) is 16.0 Å². The Labute approximate surface area is 186 Å². The topological polar surface area (TPSA) is 49.9 Å². The van der Waals surface area contributed by atoms with E-state index >= 15 is 0 Å². The van der Waals surface area contributed by atoms with Gasteiger partial charge in [0.05, 0.1) is 6.04 Å². The number of thiophene rings is 1. The highest BCUT2D eigenvalue weighted by Crippen LogP contribution is 2.36. The van der Waals surface area contributed by atoms with Crippen LogP contribution in [0.15, 0.2) is 35.7 Å². The van der Waals surface area contributed by atoms with E-state index in [2.05, 4.69) is 0 Å². The average Bonchev–Trinajstić information content (AvgIpc) is 3.45. The van der Waals surface area contributed by atoms with Gasteiger partial charge in [0.15, 0.2) is 0 Å². The molecule has 2 aliphatic rings. The summed E-state index contributed by atoms with van der Waals surface area (Å²) in [6, 6.07) is 7.81. The van der Waals surface area contributed by atoms with Crippen molar-refractivity contribution in [2.45, 2.75) is 51.6 Å². The van der Waals surface area contributed by atoms with Crippen molar-refractivity contribution in [2.24, 2.45) is 5.92 Å². The first-order valence-corrected chi connectivity index (χ1v) is 11.7. The predicted octanol–water partition coefficient (Wildman–Crippen LogP) is 4.43. The molecule has 0 spiro atoms.